The topological polar surface area (TPSA) is 173 Å². The normalized spacial score (nSPS) is 12.2. The molecule has 44 heavy (non-hydrogen) atoms. The van der Waals surface area contributed by atoms with Crippen molar-refractivity contribution in [1.82, 2.24) is 10.2 Å². The van der Waals surface area contributed by atoms with Crippen LogP contribution in [0.25, 0.3) is 18.2 Å². The Labute approximate surface area is 256 Å². The lowest BCUT2D eigenvalue weighted by Crippen LogP contribution is -2.48. The van der Waals surface area contributed by atoms with Crippen LogP contribution in [0.1, 0.15) is 36.0 Å². The van der Waals surface area contributed by atoms with Gasteiger partial charge in [-0.3, -0.25) is 19.3 Å². The predicted molar refractivity (Wildman–Crippen MR) is 170 cm³/mol. The monoisotopic (exact) mass is 599 g/mol. The van der Waals surface area contributed by atoms with Gasteiger partial charge in [0.1, 0.15) is 17.5 Å². The Balaban J connectivity index is 1.95. The summed E-state index contributed by atoms with van der Waals surface area (Å²) in [5.41, 5.74) is 7.18. The largest absolute Gasteiger partial charge is 0.508 e. The molecule has 1 atom stereocenters. The molecule has 2 amide bonds. The average molecular weight is 600 g/mol. The van der Waals surface area contributed by atoms with E-state index in [1.165, 1.54) is 72.8 Å². The first-order valence-electron chi connectivity index (χ1n) is 14.1. The number of nitrogens with one attached hydrogen (secondary N) is 1. The third kappa shape index (κ3) is 10.6. The number of aromatic hydroxyl groups is 4. The molecule has 0 fully saturated rings. The molecule has 10 nitrogen and oxygen atoms in total. The number of rotatable bonds is 15. The first-order chi connectivity index (χ1) is 21.2. The van der Waals surface area contributed by atoms with Crippen LogP contribution in [0.15, 0.2) is 85.0 Å². The lowest BCUT2D eigenvalue weighted by atomic mass is 10.0. The summed E-state index contributed by atoms with van der Waals surface area (Å²) in [7, 11) is 0. The molecule has 0 spiro atoms. The number of nitrogens with zero attached hydrogens (tertiary/aromatic N) is 1. The number of hydrogen-bond acceptors (Lipinski definition) is 9. The van der Waals surface area contributed by atoms with Gasteiger partial charge in [-0.2, -0.15) is 0 Å². The molecule has 3 aromatic carbocycles. The van der Waals surface area contributed by atoms with Gasteiger partial charge >= 0.3 is 0 Å². The molecule has 230 valence electrons. The Morgan fingerprint density at radius 1 is 0.682 bits per heavy atom. The van der Waals surface area contributed by atoms with Crippen LogP contribution in [0.3, 0.4) is 0 Å². The molecule has 0 aliphatic carbocycles. The van der Waals surface area contributed by atoms with Crippen molar-refractivity contribution in [3.05, 3.63) is 102 Å². The van der Waals surface area contributed by atoms with Crippen LogP contribution < -0.4 is 11.1 Å². The molecule has 1 unspecified atom stereocenters. The van der Waals surface area contributed by atoms with Crippen molar-refractivity contribution in [2.45, 2.75) is 25.3 Å². The smallest absolute Gasteiger partial charge is 0.254 e. The number of hydrogen-bond donors (Lipinski definition) is 6. The number of ketones is 1. The van der Waals surface area contributed by atoms with E-state index in [4.69, 9.17) is 5.73 Å². The molecular formula is C34H37N3O7. The zero-order valence-electron chi connectivity index (χ0n) is 24.2. The fraction of sp³-hybridized carbons (Fsp3) is 0.206. The van der Waals surface area contributed by atoms with Gasteiger partial charge in [0.25, 0.3) is 11.8 Å². The number of phenolic OH excluding ortho intramolecular Hbond substituents is 4. The van der Waals surface area contributed by atoms with Crippen molar-refractivity contribution >= 4 is 35.8 Å². The van der Waals surface area contributed by atoms with Crippen LogP contribution in [-0.2, 0) is 14.4 Å². The molecule has 0 aromatic heterocycles. The number of nitrogens with two attached hydrogens (primary N) is 1. The van der Waals surface area contributed by atoms with Gasteiger partial charge < -0.3 is 31.5 Å². The van der Waals surface area contributed by atoms with Crippen LogP contribution in [0, 0.1) is 0 Å². The first-order valence-corrected chi connectivity index (χ1v) is 14.1. The summed E-state index contributed by atoms with van der Waals surface area (Å²) in [5, 5.41) is 41.8. The number of carbonyl (C=O) groups excluding carboxylic acids is 3. The Morgan fingerprint density at radius 2 is 1.20 bits per heavy atom. The zero-order chi connectivity index (χ0) is 31.9. The van der Waals surface area contributed by atoms with Crippen molar-refractivity contribution in [2.24, 2.45) is 5.73 Å². The van der Waals surface area contributed by atoms with Crippen molar-refractivity contribution in [3.63, 3.8) is 0 Å². The molecule has 0 aliphatic rings. The van der Waals surface area contributed by atoms with Crippen molar-refractivity contribution in [2.75, 3.05) is 19.6 Å². The maximum absolute atomic E-state index is 13.6. The number of amides is 2. The number of carbonyl (C=O) groups is 3. The van der Waals surface area contributed by atoms with E-state index in [0.717, 1.165) is 23.8 Å². The molecule has 0 heterocycles. The third-order valence-electron chi connectivity index (χ3n) is 6.58. The van der Waals surface area contributed by atoms with Gasteiger partial charge in [-0.25, -0.2) is 0 Å². The van der Waals surface area contributed by atoms with E-state index in [9.17, 15) is 34.8 Å². The fourth-order valence-corrected chi connectivity index (χ4v) is 4.17. The second-order valence-corrected chi connectivity index (χ2v) is 9.93. The highest BCUT2D eigenvalue weighted by Gasteiger charge is 2.31. The minimum Gasteiger partial charge on any atom is -0.508 e. The minimum absolute atomic E-state index is 0.0562. The second-order valence-electron chi connectivity index (χ2n) is 9.93. The van der Waals surface area contributed by atoms with Gasteiger partial charge in [-0.1, -0.05) is 36.4 Å². The quantitative estimate of drug-likeness (QED) is 0.0859. The maximum atomic E-state index is 13.6. The van der Waals surface area contributed by atoms with Crippen LogP contribution in [0.5, 0.6) is 23.0 Å². The van der Waals surface area contributed by atoms with Crippen LogP contribution in [0.4, 0.5) is 0 Å². The van der Waals surface area contributed by atoms with Crippen LogP contribution in [-0.4, -0.2) is 68.6 Å². The molecule has 7 N–H and O–H groups in total. The molecule has 0 saturated heterocycles. The van der Waals surface area contributed by atoms with E-state index < -0.39 is 23.6 Å². The molecule has 0 saturated carbocycles. The van der Waals surface area contributed by atoms with E-state index in [2.05, 4.69) is 5.32 Å². The van der Waals surface area contributed by atoms with Gasteiger partial charge in [0.05, 0.1) is 0 Å². The molecular weight excluding hydrogens is 562 g/mol. The summed E-state index contributed by atoms with van der Waals surface area (Å²) >= 11 is 0. The fourth-order valence-electron chi connectivity index (χ4n) is 4.17. The van der Waals surface area contributed by atoms with Crippen molar-refractivity contribution in [1.29, 1.82) is 0 Å². The van der Waals surface area contributed by atoms with Gasteiger partial charge in [0, 0.05) is 12.2 Å². The van der Waals surface area contributed by atoms with Gasteiger partial charge in [0.15, 0.2) is 17.3 Å². The third-order valence-corrected chi connectivity index (χ3v) is 6.58. The van der Waals surface area contributed by atoms with Crippen molar-refractivity contribution < 1.29 is 34.8 Å². The van der Waals surface area contributed by atoms with E-state index in [1.54, 1.807) is 24.3 Å². The van der Waals surface area contributed by atoms with Gasteiger partial charge in [-0.15, -0.1) is 0 Å². The zero-order valence-corrected chi connectivity index (χ0v) is 24.2. The summed E-state index contributed by atoms with van der Waals surface area (Å²) in [5.74, 6) is -2.56. The highest BCUT2D eigenvalue weighted by atomic mass is 16.3. The van der Waals surface area contributed by atoms with Crippen molar-refractivity contribution in [3.8, 4) is 23.0 Å². The Hall–Kier alpha value is -5.19. The minimum atomic E-state index is -1.17. The number of phenols is 4. The SMILES string of the molecule is NCCCCNCCC(C(=O)C=Cc1ccc(O)cc1)N(C(=O)C=Cc1ccc(O)cc1)C(=O)C=Cc1ccc(O)c(O)c1. The highest BCUT2D eigenvalue weighted by Crippen LogP contribution is 2.25. The standard InChI is InChI=1S/C34H37N3O7/c35-20-1-2-21-36-22-19-29(30(40)15-7-24-3-11-27(38)12-4-24)37(33(43)17-9-25-5-13-28(39)14-6-25)34(44)18-10-26-8-16-31(41)32(42)23-26/h3-18,23,29,36,38-39,41-42H,1-2,19-22,35H2. The molecule has 0 aliphatic heterocycles. The predicted octanol–water partition coefficient (Wildman–Crippen LogP) is 3.96. The summed E-state index contributed by atoms with van der Waals surface area (Å²) in [6.45, 7) is 1.54. The number of unbranched alkanes of at least 4 members (excludes halogenated alkanes) is 1. The molecule has 3 aromatic rings. The van der Waals surface area contributed by atoms with Gasteiger partial charge in [0.2, 0.25) is 0 Å². The molecule has 3 rings (SSSR count). The first kappa shape index (κ1) is 33.3. The Bertz CT molecular complexity index is 1500. The second kappa shape index (κ2) is 17.1. The van der Waals surface area contributed by atoms with E-state index in [-0.39, 0.29) is 29.4 Å². The van der Waals surface area contributed by atoms with E-state index >= 15 is 0 Å². The molecule has 0 bridgehead atoms. The Kier molecular flexibility index (Phi) is 12.9. The van der Waals surface area contributed by atoms with E-state index in [0.29, 0.717) is 36.3 Å². The van der Waals surface area contributed by atoms with Crippen LogP contribution in [0.2, 0.25) is 0 Å². The summed E-state index contributed by atoms with van der Waals surface area (Å²) in [4.78, 5) is 41.7. The van der Waals surface area contributed by atoms with Gasteiger partial charge in [-0.05, 0) is 110 Å². The highest BCUT2D eigenvalue weighted by molar-refractivity contribution is 6.12. The number of benzene rings is 3. The summed E-state index contributed by atoms with van der Waals surface area (Å²) < 4.78 is 0. The summed E-state index contributed by atoms with van der Waals surface area (Å²) in [6, 6.07) is 15.1. The summed E-state index contributed by atoms with van der Waals surface area (Å²) in [6.07, 6.45) is 9.76. The lowest BCUT2D eigenvalue weighted by molar-refractivity contribution is -0.145. The molecule has 10 heteroatoms. The lowest BCUT2D eigenvalue weighted by Gasteiger charge is -2.27. The van der Waals surface area contributed by atoms with E-state index in [1.807, 2.05) is 0 Å². The number of imide groups is 1. The van der Waals surface area contributed by atoms with Crippen LogP contribution >= 0.6 is 0 Å². The molecule has 0 radical (unpaired) electrons. The average Bonchev–Trinajstić information content (AvgIpc) is 3.01. The Morgan fingerprint density at radius 3 is 1.75 bits per heavy atom. The maximum Gasteiger partial charge on any atom is 0.254 e.